The van der Waals surface area contributed by atoms with E-state index in [0.29, 0.717) is 19.4 Å². The normalized spacial score (nSPS) is 17.2. The van der Waals surface area contributed by atoms with Crippen LogP contribution < -0.4 is 4.74 Å². The first kappa shape index (κ1) is 35.1. The minimum absolute atomic E-state index is 0.0605. The second-order valence-corrected chi connectivity index (χ2v) is 11.3. The molecule has 5 nitrogen and oxygen atoms in total. The predicted molar refractivity (Wildman–Crippen MR) is 166 cm³/mol. The van der Waals surface area contributed by atoms with Crippen LogP contribution in [0, 0.1) is 0 Å². The van der Waals surface area contributed by atoms with Gasteiger partial charge in [-0.3, -0.25) is 0 Å². The van der Waals surface area contributed by atoms with E-state index in [-0.39, 0.29) is 24.2 Å². The van der Waals surface area contributed by atoms with Gasteiger partial charge >= 0.3 is 18.1 Å². The molecule has 0 fully saturated rings. The molecule has 2 unspecified atom stereocenters. The molecule has 1 aliphatic carbocycles. The van der Waals surface area contributed by atoms with Gasteiger partial charge in [0.1, 0.15) is 5.75 Å². The zero-order valence-electron chi connectivity index (χ0n) is 25.9. The molecular weight excluding hydrogens is 569 g/mol. The number of carbonyl (C=O) groups excluding carboxylic acids is 2. The average molecular weight is 615 g/mol. The molecule has 44 heavy (non-hydrogen) atoms. The van der Waals surface area contributed by atoms with Gasteiger partial charge in [0.05, 0.1) is 5.56 Å². The number of rotatable bonds is 18. The zero-order valence-corrected chi connectivity index (χ0v) is 25.9. The second-order valence-electron chi connectivity index (χ2n) is 11.3. The molecule has 240 valence electrons. The van der Waals surface area contributed by atoms with E-state index in [4.69, 9.17) is 14.2 Å². The lowest BCUT2D eigenvalue weighted by Crippen LogP contribution is -2.43. The van der Waals surface area contributed by atoms with E-state index in [2.05, 4.69) is 6.92 Å². The number of esters is 2. The number of benzene rings is 2. The molecular formula is C36H45F3O5. The van der Waals surface area contributed by atoms with Crippen LogP contribution in [0.15, 0.2) is 72.8 Å². The number of hydrogen-bond acceptors (Lipinski definition) is 5. The van der Waals surface area contributed by atoms with Crippen molar-refractivity contribution in [3.8, 4) is 5.75 Å². The Bertz CT molecular complexity index is 1220. The molecule has 0 bridgehead atoms. The predicted octanol–water partition coefficient (Wildman–Crippen LogP) is 9.81. The summed E-state index contributed by atoms with van der Waals surface area (Å²) in [6, 6.07) is 15.2. The molecule has 8 heteroatoms. The second kappa shape index (κ2) is 17.8. The molecule has 2 aromatic rings. The van der Waals surface area contributed by atoms with Gasteiger partial charge in [-0.2, -0.15) is 13.2 Å². The van der Waals surface area contributed by atoms with Crippen LogP contribution >= 0.6 is 0 Å². The standard InChI is InChI=1S/C36H45F3O5/c1-3-5-7-9-10-15-27-42-35(25-23-29(24-26-35)28-16-12-11-13-17-28)34(41)43-31-21-19-30(20-22-31)33(40)44-32(36(37,38)39)18-14-8-6-4-2/h11-13,16-17,19-25,32H,3-10,14-15,18,26-27H2,1-2H3. The van der Waals surface area contributed by atoms with Crippen molar-refractivity contribution in [1.29, 1.82) is 0 Å². The van der Waals surface area contributed by atoms with Crippen LogP contribution in [0.1, 0.15) is 107 Å². The van der Waals surface area contributed by atoms with Crippen molar-refractivity contribution >= 4 is 17.5 Å². The number of alkyl halides is 3. The Hall–Kier alpha value is -3.39. The Balaban J connectivity index is 1.65. The summed E-state index contributed by atoms with van der Waals surface area (Å²) >= 11 is 0. The summed E-state index contributed by atoms with van der Waals surface area (Å²) in [5.74, 6) is -1.54. The van der Waals surface area contributed by atoms with Crippen molar-refractivity contribution in [3.63, 3.8) is 0 Å². The molecule has 2 aromatic carbocycles. The third-order valence-corrected chi connectivity index (χ3v) is 7.70. The van der Waals surface area contributed by atoms with Crippen molar-refractivity contribution in [1.82, 2.24) is 0 Å². The first-order valence-electron chi connectivity index (χ1n) is 15.9. The van der Waals surface area contributed by atoms with Crippen molar-refractivity contribution in [3.05, 3.63) is 84.0 Å². The van der Waals surface area contributed by atoms with E-state index >= 15 is 0 Å². The lowest BCUT2D eigenvalue weighted by atomic mass is 9.89. The fourth-order valence-corrected chi connectivity index (χ4v) is 5.02. The van der Waals surface area contributed by atoms with E-state index < -0.39 is 29.8 Å². The molecule has 0 saturated heterocycles. The van der Waals surface area contributed by atoms with Crippen LogP contribution in [-0.2, 0) is 14.3 Å². The minimum Gasteiger partial charge on any atom is -0.449 e. The summed E-state index contributed by atoms with van der Waals surface area (Å²) < 4.78 is 57.1. The lowest BCUT2D eigenvalue weighted by molar-refractivity contribution is -0.206. The number of hydrogen-bond donors (Lipinski definition) is 0. The van der Waals surface area contributed by atoms with Crippen molar-refractivity contribution < 1.29 is 37.0 Å². The van der Waals surface area contributed by atoms with Crippen molar-refractivity contribution in [2.75, 3.05) is 6.61 Å². The molecule has 2 atom stereocenters. The van der Waals surface area contributed by atoms with E-state index in [0.717, 1.165) is 43.2 Å². The van der Waals surface area contributed by atoms with Crippen LogP contribution in [0.5, 0.6) is 5.75 Å². The molecule has 0 heterocycles. The molecule has 0 aliphatic heterocycles. The van der Waals surface area contributed by atoms with Crippen LogP contribution in [-0.4, -0.2) is 36.4 Å². The summed E-state index contributed by atoms with van der Waals surface area (Å²) in [7, 11) is 0. The monoisotopic (exact) mass is 614 g/mol. The van der Waals surface area contributed by atoms with E-state index in [1.807, 2.05) is 49.4 Å². The van der Waals surface area contributed by atoms with Crippen molar-refractivity contribution in [2.45, 2.75) is 109 Å². The van der Waals surface area contributed by atoms with Gasteiger partial charge in [0.15, 0.2) is 11.7 Å². The molecule has 0 radical (unpaired) electrons. The number of halogens is 3. The minimum atomic E-state index is -4.65. The van der Waals surface area contributed by atoms with Crippen LogP contribution in [0.3, 0.4) is 0 Å². The highest BCUT2D eigenvalue weighted by Crippen LogP contribution is 2.32. The Morgan fingerprint density at radius 3 is 2.09 bits per heavy atom. The summed E-state index contributed by atoms with van der Waals surface area (Å²) in [5, 5.41) is 0. The highest BCUT2D eigenvalue weighted by atomic mass is 19.4. The highest BCUT2D eigenvalue weighted by molar-refractivity contribution is 5.90. The molecule has 0 N–H and O–H groups in total. The summed E-state index contributed by atoms with van der Waals surface area (Å²) in [6.07, 6.45) is 7.89. The summed E-state index contributed by atoms with van der Waals surface area (Å²) in [4.78, 5) is 26.0. The van der Waals surface area contributed by atoms with Gasteiger partial charge in [0.2, 0.25) is 0 Å². The third kappa shape index (κ3) is 11.0. The summed E-state index contributed by atoms with van der Waals surface area (Å²) in [5.41, 5.74) is 0.617. The summed E-state index contributed by atoms with van der Waals surface area (Å²) in [6.45, 7) is 4.53. The smallest absolute Gasteiger partial charge is 0.425 e. The van der Waals surface area contributed by atoms with Crippen LogP contribution in [0.25, 0.3) is 5.57 Å². The van der Waals surface area contributed by atoms with Gasteiger partial charge in [0, 0.05) is 13.0 Å². The van der Waals surface area contributed by atoms with E-state index in [9.17, 15) is 22.8 Å². The Morgan fingerprint density at radius 1 is 0.841 bits per heavy atom. The zero-order chi connectivity index (χ0) is 31.8. The quantitative estimate of drug-likeness (QED) is 0.0950. The SMILES string of the molecule is CCCCCCCCOC1(C(=O)Oc2ccc(C(=O)OC(CCCCCC)C(F)(F)F)cc2)C=CC(c2ccccc2)=CC1. The first-order valence-corrected chi connectivity index (χ1v) is 15.9. The van der Waals surface area contributed by atoms with Gasteiger partial charge in [-0.15, -0.1) is 0 Å². The number of allylic oxidation sites excluding steroid dienone is 2. The van der Waals surface area contributed by atoms with Gasteiger partial charge in [-0.05, 0) is 60.7 Å². The van der Waals surface area contributed by atoms with Gasteiger partial charge in [-0.1, -0.05) is 108 Å². The van der Waals surface area contributed by atoms with Gasteiger partial charge < -0.3 is 14.2 Å². The Labute approximate surface area is 259 Å². The highest BCUT2D eigenvalue weighted by Gasteiger charge is 2.43. The van der Waals surface area contributed by atoms with E-state index in [1.54, 1.807) is 6.08 Å². The van der Waals surface area contributed by atoms with Gasteiger partial charge in [-0.25, -0.2) is 9.59 Å². The topological polar surface area (TPSA) is 61.8 Å². The maximum absolute atomic E-state index is 13.5. The maximum Gasteiger partial charge on any atom is 0.425 e. The molecule has 0 spiro atoms. The van der Waals surface area contributed by atoms with Crippen molar-refractivity contribution in [2.24, 2.45) is 0 Å². The molecule has 0 saturated carbocycles. The first-order chi connectivity index (χ1) is 21.2. The Kier molecular flexibility index (Phi) is 14.2. The number of unbranched alkanes of at least 4 members (excludes halogenated alkanes) is 8. The van der Waals surface area contributed by atoms with Gasteiger partial charge in [0.25, 0.3) is 0 Å². The molecule has 3 rings (SSSR count). The number of ether oxygens (including phenoxy) is 3. The van der Waals surface area contributed by atoms with Crippen LogP contribution in [0.2, 0.25) is 0 Å². The fraction of sp³-hybridized carbons (Fsp3) is 0.500. The average Bonchev–Trinajstić information content (AvgIpc) is 3.02. The van der Waals surface area contributed by atoms with Crippen LogP contribution in [0.4, 0.5) is 13.2 Å². The van der Waals surface area contributed by atoms with E-state index in [1.165, 1.54) is 43.5 Å². The molecule has 0 amide bonds. The lowest BCUT2D eigenvalue weighted by Gasteiger charge is -2.30. The number of carbonyl (C=O) groups is 2. The maximum atomic E-state index is 13.5. The third-order valence-electron chi connectivity index (χ3n) is 7.70. The molecule has 1 aliphatic rings. The Morgan fingerprint density at radius 2 is 1.48 bits per heavy atom. The largest absolute Gasteiger partial charge is 0.449 e. The fourth-order valence-electron chi connectivity index (χ4n) is 5.02. The molecule has 0 aromatic heterocycles.